The quantitative estimate of drug-likeness (QED) is 0.801. The predicted molar refractivity (Wildman–Crippen MR) is 68.8 cm³/mol. The summed E-state index contributed by atoms with van der Waals surface area (Å²) < 4.78 is 4.94. The average molecular weight is 308 g/mol. The third-order valence-electron chi connectivity index (χ3n) is 1.62. The van der Waals surface area contributed by atoms with Crippen molar-refractivity contribution in [2.24, 2.45) is 0 Å². The monoisotopic (exact) mass is 307 g/mol. The Morgan fingerprint density at radius 2 is 1.74 bits per heavy atom. The van der Waals surface area contributed by atoms with E-state index in [1.54, 1.807) is 20.8 Å². The molecule has 0 aromatic carbocycles. The van der Waals surface area contributed by atoms with E-state index in [0.29, 0.717) is 0 Å². The number of aromatic nitrogens is 2. The molecule has 1 rings (SSSR count). The van der Waals surface area contributed by atoms with Crippen LogP contribution in [-0.4, -0.2) is 32.9 Å². The van der Waals surface area contributed by atoms with Gasteiger partial charge >= 0.3 is 12.2 Å². The van der Waals surface area contributed by atoms with Gasteiger partial charge in [-0.1, -0.05) is 23.2 Å². The molecule has 1 heterocycles. The van der Waals surface area contributed by atoms with E-state index in [-0.39, 0.29) is 15.2 Å². The van der Waals surface area contributed by atoms with Crippen LogP contribution < -0.4 is 4.90 Å². The van der Waals surface area contributed by atoms with Gasteiger partial charge in [0.1, 0.15) is 15.9 Å². The molecule has 1 aromatic heterocycles. The van der Waals surface area contributed by atoms with Crippen molar-refractivity contribution in [3.05, 3.63) is 16.4 Å². The molecule has 1 N–H and O–H groups in total. The van der Waals surface area contributed by atoms with Crippen molar-refractivity contribution in [2.75, 3.05) is 4.90 Å². The van der Waals surface area contributed by atoms with Crippen LogP contribution in [0.2, 0.25) is 10.3 Å². The molecule has 0 saturated carbocycles. The molecule has 0 bridgehead atoms. The first-order valence-electron chi connectivity index (χ1n) is 5.06. The molecule has 0 radical (unpaired) electrons. The number of carbonyl (C=O) groups excluding carboxylic acids is 1. The van der Waals surface area contributed by atoms with E-state index < -0.39 is 23.7 Å². The van der Waals surface area contributed by atoms with E-state index in [9.17, 15) is 9.59 Å². The second-order valence-corrected chi connectivity index (χ2v) is 5.19. The molecule has 104 valence electrons. The minimum absolute atomic E-state index is 0.0928. The van der Waals surface area contributed by atoms with E-state index in [1.807, 2.05) is 0 Å². The molecular weight excluding hydrogens is 297 g/mol. The summed E-state index contributed by atoms with van der Waals surface area (Å²) in [5.74, 6) is -0.473. The summed E-state index contributed by atoms with van der Waals surface area (Å²) in [6.07, 6.45) is -2.74. The Kier molecular flexibility index (Phi) is 4.54. The number of imide groups is 1. The lowest BCUT2D eigenvalue weighted by Crippen LogP contribution is -2.41. The van der Waals surface area contributed by atoms with Gasteiger partial charge in [-0.2, -0.15) is 9.97 Å². The summed E-state index contributed by atoms with van der Waals surface area (Å²) in [5.41, 5.74) is -0.868. The fourth-order valence-corrected chi connectivity index (χ4v) is 1.45. The van der Waals surface area contributed by atoms with Gasteiger partial charge in [-0.25, -0.2) is 9.59 Å². The van der Waals surface area contributed by atoms with Gasteiger partial charge in [0.15, 0.2) is 0 Å². The highest BCUT2D eigenvalue weighted by atomic mass is 35.5. The fourth-order valence-electron chi connectivity index (χ4n) is 1.03. The van der Waals surface area contributed by atoms with E-state index in [4.69, 9.17) is 33.0 Å². The third kappa shape index (κ3) is 4.53. The molecule has 9 heteroatoms. The van der Waals surface area contributed by atoms with Crippen molar-refractivity contribution < 1.29 is 19.4 Å². The molecule has 0 unspecified atom stereocenters. The maximum Gasteiger partial charge on any atom is 0.427 e. The SMILES string of the molecule is CC(C)(C)OC(=O)N(C(=O)O)c1nc(Cl)cc(Cl)n1. The second-order valence-electron chi connectivity index (χ2n) is 4.41. The maximum absolute atomic E-state index is 11.8. The topological polar surface area (TPSA) is 92.6 Å². The Morgan fingerprint density at radius 1 is 1.26 bits per heavy atom. The second kappa shape index (κ2) is 5.58. The largest absolute Gasteiger partial charge is 0.464 e. The van der Waals surface area contributed by atoms with Crippen LogP contribution in [0.5, 0.6) is 0 Å². The first kappa shape index (κ1) is 15.5. The Balaban J connectivity index is 3.14. The number of nitrogens with zero attached hydrogens (tertiary/aromatic N) is 3. The van der Waals surface area contributed by atoms with Gasteiger partial charge in [0.2, 0.25) is 5.95 Å². The highest BCUT2D eigenvalue weighted by molar-refractivity contribution is 6.33. The number of hydrogen-bond donors (Lipinski definition) is 1. The molecule has 1 aromatic rings. The number of hydrogen-bond acceptors (Lipinski definition) is 5. The zero-order valence-corrected chi connectivity index (χ0v) is 11.9. The Labute approximate surface area is 119 Å². The number of carbonyl (C=O) groups is 2. The number of halogens is 2. The molecular formula is C10H11Cl2N3O4. The molecule has 0 aliphatic rings. The summed E-state index contributed by atoms with van der Waals surface area (Å²) in [6, 6.07) is 1.21. The van der Waals surface area contributed by atoms with Gasteiger partial charge in [-0.15, -0.1) is 4.90 Å². The zero-order chi connectivity index (χ0) is 14.8. The van der Waals surface area contributed by atoms with Gasteiger partial charge in [0.25, 0.3) is 0 Å². The predicted octanol–water partition coefficient (Wildman–Crippen LogP) is 3.20. The third-order valence-corrected chi connectivity index (χ3v) is 2.01. The molecule has 2 amide bonds. The van der Waals surface area contributed by atoms with Crippen molar-refractivity contribution in [3.8, 4) is 0 Å². The molecule has 0 aliphatic carbocycles. The van der Waals surface area contributed by atoms with E-state index >= 15 is 0 Å². The van der Waals surface area contributed by atoms with Crippen LogP contribution >= 0.6 is 23.2 Å². The van der Waals surface area contributed by atoms with Crippen molar-refractivity contribution in [3.63, 3.8) is 0 Å². The lowest BCUT2D eigenvalue weighted by Gasteiger charge is -2.23. The van der Waals surface area contributed by atoms with E-state index in [2.05, 4.69) is 9.97 Å². The van der Waals surface area contributed by atoms with Crippen LogP contribution in [0.25, 0.3) is 0 Å². The first-order chi connectivity index (χ1) is 8.60. The van der Waals surface area contributed by atoms with Crippen molar-refractivity contribution >= 4 is 41.3 Å². The zero-order valence-electron chi connectivity index (χ0n) is 10.3. The molecule has 0 fully saturated rings. The minimum Gasteiger partial charge on any atom is -0.464 e. The number of ether oxygens (including phenoxy) is 1. The Hall–Kier alpha value is -1.60. The van der Waals surface area contributed by atoms with Gasteiger partial charge < -0.3 is 9.84 Å². The fraction of sp³-hybridized carbons (Fsp3) is 0.400. The molecule has 0 spiro atoms. The number of amides is 2. The minimum atomic E-state index is -1.60. The van der Waals surface area contributed by atoms with Crippen LogP contribution in [0, 0.1) is 0 Å². The van der Waals surface area contributed by atoms with Crippen LogP contribution in [0.1, 0.15) is 20.8 Å². The standard InChI is InChI=1S/C10H11Cl2N3O4/c1-10(2,3)19-9(18)15(8(16)17)7-13-5(11)4-6(12)14-7/h4H,1-3H3,(H,16,17). The Bertz CT molecular complexity index is 496. The molecule has 0 atom stereocenters. The van der Waals surface area contributed by atoms with Crippen LogP contribution in [0.3, 0.4) is 0 Å². The van der Waals surface area contributed by atoms with Crippen molar-refractivity contribution in [2.45, 2.75) is 26.4 Å². The molecule has 0 aliphatic heterocycles. The molecule has 0 saturated heterocycles. The number of anilines is 1. The molecule has 19 heavy (non-hydrogen) atoms. The smallest absolute Gasteiger partial charge is 0.427 e. The highest BCUT2D eigenvalue weighted by Crippen LogP contribution is 2.19. The summed E-state index contributed by atoms with van der Waals surface area (Å²) in [7, 11) is 0. The van der Waals surface area contributed by atoms with E-state index in [1.165, 1.54) is 6.07 Å². The molecule has 7 nitrogen and oxygen atoms in total. The van der Waals surface area contributed by atoms with Gasteiger partial charge in [0, 0.05) is 6.07 Å². The van der Waals surface area contributed by atoms with Crippen LogP contribution in [-0.2, 0) is 4.74 Å². The average Bonchev–Trinajstić information content (AvgIpc) is 2.11. The lowest BCUT2D eigenvalue weighted by molar-refractivity contribution is 0.0579. The summed E-state index contributed by atoms with van der Waals surface area (Å²) >= 11 is 11.3. The Morgan fingerprint density at radius 3 is 2.11 bits per heavy atom. The van der Waals surface area contributed by atoms with Gasteiger partial charge in [-0.05, 0) is 20.8 Å². The number of carboxylic acid groups (broad SMARTS) is 1. The summed E-state index contributed by atoms with van der Waals surface area (Å²) in [4.78, 5) is 30.4. The van der Waals surface area contributed by atoms with Crippen molar-refractivity contribution in [1.82, 2.24) is 9.97 Å². The first-order valence-corrected chi connectivity index (χ1v) is 5.82. The normalized spacial score (nSPS) is 11.0. The summed E-state index contributed by atoms with van der Waals surface area (Å²) in [5, 5.41) is 8.85. The van der Waals surface area contributed by atoms with Crippen LogP contribution in [0.15, 0.2) is 6.07 Å². The maximum atomic E-state index is 11.8. The highest BCUT2D eigenvalue weighted by Gasteiger charge is 2.31. The van der Waals surface area contributed by atoms with E-state index in [0.717, 1.165) is 0 Å². The van der Waals surface area contributed by atoms with Crippen molar-refractivity contribution in [1.29, 1.82) is 0 Å². The van der Waals surface area contributed by atoms with Gasteiger partial charge in [0.05, 0.1) is 0 Å². The van der Waals surface area contributed by atoms with Crippen LogP contribution in [0.4, 0.5) is 15.5 Å². The lowest BCUT2D eigenvalue weighted by atomic mass is 10.2. The van der Waals surface area contributed by atoms with Gasteiger partial charge in [-0.3, -0.25) is 0 Å². The number of rotatable bonds is 1. The summed E-state index contributed by atoms with van der Waals surface area (Å²) in [6.45, 7) is 4.78.